The van der Waals surface area contributed by atoms with E-state index in [2.05, 4.69) is 0 Å². The summed E-state index contributed by atoms with van der Waals surface area (Å²) in [6.07, 6.45) is -11.1. The highest BCUT2D eigenvalue weighted by Crippen LogP contribution is 2.37. The fourth-order valence-corrected chi connectivity index (χ4v) is 4.49. The Kier molecular flexibility index (Phi) is 7.21. The molecule has 1 unspecified atom stereocenters. The third kappa shape index (κ3) is 6.04. The number of rotatable bonds is 5. The molecule has 0 aliphatic carbocycles. The van der Waals surface area contributed by atoms with Gasteiger partial charge in [0, 0.05) is 26.2 Å². The highest BCUT2D eigenvalue weighted by molar-refractivity contribution is 7.89. The molecule has 2 rings (SSSR count). The number of benzene rings is 1. The normalized spacial score (nSPS) is 19.2. The van der Waals surface area contributed by atoms with Crippen LogP contribution in [-0.4, -0.2) is 73.3 Å². The number of sulfonamides is 1. The van der Waals surface area contributed by atoms with Gasteiger partial charge >= 0.3 is 12.4 Å². The molecule has 0 aromatic heterocycles. The van der Waals surface area contributed by atoms with Gasteiger partial charge in [-0.1, -0.05) is 0 Å². The van der Waals surface area contributed by atoms with Gasteiger partial charge in [0.05, 0.1) is 28.7 Å². The third-order valence-electron chi connectivity index (χ3n) is 4.43. The number of aliphatic hydroxyl groups excluding tert-OH is 2. The molecule has 1 aromatic rings. The minimum absolute atomic E-state index is 0.0617. The molecule has 6 nitrogen and oxygen atoms in total. The minimum atomic E-state index is -5.15. The Balaban J connectivity index is 2.35. The van der Waals surface area contributed by atoms with Crippen LogP contribution in [0.15, 0.2) is 23.1 Å². The van der Waals surface area contributed by atoms with E-state index < -0.39 is 51.1 Å². The van der Waals surface area contributed by atoms with Crippen LogP contribution in [-0.2, 0) is 22.4 Å². The molecule has 1 aliphatic rings. The van der Waals surface area contributed by atoms with Crippen molar-refractivity contribution in [1.82, 2.24) is 9.21 Å². The summed E-state index contributed by atoms with van der Waals surface area (Å²) in [6, 6.07) is 0.269. The molecular formula is C16H20F6N2O4S. The summed E-state index contributed by atoms with van der Waals surface area (Å²) in [5.41, 5.74) is -3.40. The third-order valence-corrected chi connectivity index (χ3v) is 6.30. The lowest BCUT2D eigenvalue weighted by molar-refractivity contribution is -0.143. The molecule has 2 N–H and O–H groups in total. The van der Waals surface area contributed by atoms with E-state index in [1.165, 1.54) is 0 Å². The monoisotopic (exact) mass is 450 g/mol. The highest BCUT2D eigenvalue weighted by Gasteiger charge is 2.39. The Labute approximate surface area is 163 Å². The Morgan fingerprint density at radius 3 is 1.97 bits per heavy atom. The van der Waals surface area contributed by atoms with Crippen molar-refractivity contribution in [3.05, 3.63) is 29.3 Å². The van der Waals surface area contributed by atoms with Crippen LogP contribution in [0.1, 0.15) is 17.5 Å². The number of hydrogen-bond acceptors (Lipinski definition) is 5. The maximum Gasteiger partial charge on any atom is 0.416 e. The molecule has 0 bridgehead atoms. The van der Waals surface area contributed by atoms with Gasteiger partial charge in [-0.2, -0.15) is 30.6 Å². The van der Waals surface area contributed by atoms with Crippen LogP contribution in [0.3, 0.4) is 0 Å². The second-order valence-corrected chi connectivity index (χ2v) is 8.57. The number of aliphatic hydroxyl groups is 2. The predicted molar refractivity (Wildman–Crippen MR) is 89.4 cm³/mol. The molecule has 1 aromatic carbocycles. The number of hydrogen-bond donors (Lipinski definition) is 2. The van der Waals surface area contributed by atoms with E-state index in [9.17, 15) is 39.9 Å². The molecule has 1 atom stereocenters. The van der Waals surface area contributed by atoms with E-state index in [1.807, 2.05) is 0 Å². The molecule has 13 heteroatoms. The molecule has 1 saturated heterocycles. The second kappa shape index (κ2) is 8.76. The van der Waals surface area contributed by atoms with Crippen LogP contribution in [0.5, 0.6) is 0 Å². The van der Waals surface area contributed by atoms with E-state index in [0.717, 1.165) is 4.31 Å². The van der Waals surface area contributed by atoms with E-state index in [-0.39, 0.29) is 50.8 Å². The number of halogens is 6. The van der Waals surface area contributed by atoms with Crippen molar-refractivity contribution in [2.45, 2.75) is 29.8 Å². The summed E-state index contributed by atoms with van der Waals surface area (Å²) >= 11 is 0. The van der Waals surface area contributed by atoms with E-state index in [0.29, 0.717) is 6.54 Å². The first-order valence-electron chi connectivity index (χ1n) is 8.56. The van der Waals surface area contributed by atoms with Gasteiger partial charge in [-0.3, -0.25) is 4.90 Å². The predicted octanol–water partition coefficient (Wildman–Crippen LogP) is 1.77. The van der Waals surface area contributed by atoms with Gasteiger partial charge in [0.1, 0.15) is 0 Å². The molecule has 1 heterocycles. The van der Waals surface area contributed by atoms with Crippen molar-refractivity contribution in [3.63, 3.8) is 0 Å². The van der Waals surface area contributed by atoms with Crippen molar-refractivity contribution in [3.8, 4) is 0 Å². The molecule has 0 radical (unpaired) electrons. The summed E-state index contributed by atoms with van der Waals surface area (Å²) in [5, 5.41) is 18.4. The minimum Gasteiger partial charge on any atom is -0.394 e. The van der Waals surface area contributed by atoms with Crippen LogP contribution < -0.4 is 0 Å². The molecule has 0 saturated carbocycles. The van der Waals surface area contributed by atoms with Crippen LogP contribution in [0.4, 0.5) is 26.3 Å². The molecule has 1 aliphatic heterocycles. The smallest absolute Gasteiger partial charge is 0.394 e. The molecule has 0 spiro atoms. The zero-order chi connectivity index (χ0) is 22.0. The zero-order valence-electron chi connectivity index (χ0n) is 15.0. The molecule has 0 amide bonds. The summed E-state index contributed by atoms with van der Waals surface area (Å²) < 4.78 is 104. The lowest BCUT2D eigenvalue weighted by Crippen LogP contribution is -2.38. The fourth-order valence-electron chi connectivity index (χ4n) is 2.95. The van der Waals surface area contributed by atoms with Gasteiger partial charge in [0.15, 0.2) is 0 Å². The largest absolute Gasteiger partial charge is 0.416 e. The van der Waals surface area contributed by atoms with Crippen molar-refractivity contribution in [2.75, 3.05) is 39.3 Å². The zero-order valence-corrected chi connectivity index (χ0v) is 15.9. The van der Waals surface area contributed by atoms with Gasteiger partial charge in [-0.25, -0.2) is 8.42 Å². The van der Waals surface area contributed by atoms with Crippen molar-refractivity contribution in [1.29, 1.82) is 0 Å². The van der Waals surface area contributed by atoms with Gasteiger partial charge in [0.25, 0.3) is 0 Å². The number of β-amino-alcohol motifs (C(OH)–C–C–N with tert-alkyl or cyclic N) is 1. The SMILES string of the molecule is O=S(=O)(c1cc(C(F)(F)F)cc(C(F)(F)F)c1)N1CCCN(CC(O)CO)CC1. The van der Waals surface area contributed by atoms with Crippen molar-refractivity contribution < 1.29 is 45.0 Å². The van der Waals surface area contributed by atoms with Crippen LogP contribution in [0, 0.1) is 0 Å². The lowest BCUT2D eigenvalue weighted by Gasteiger charge is -2.23. The first-order valence-corrected chi connectivity index (χ1v) is 10.00. The first-order chi connectivity index (χ1) is 13.2. The topological polar surface area (TPSA) is 81.1 Å². The summed E-state index contributed by atoms with van der Waals surface area (Å²) in [7, 11) is -4.61. The Morgan fingerprint density at radius 2 is 1.48 bits per heavy atom. The summed E-state index contributed by atoms with van der Waals surface area (Å²) in [4.78, 5) is 0.576. The molecule has 166 valence electrons. The van der Waals surface area contributed by atoms with Gasteiger partial charge in [-0.05, 0) is 31.2 Å². The number of alkyl halides is 6. The van der Waals surface area contributed by atoms with Gasteiger partial charge in [-0.15, -0.1) is 0 Å². The van der Waals surface area contributed by atoms with Crippen molar-refractivity contribution in [2.24, 2.45) is 0 Å². The van der Waals surface area contributed by atoms with Crippen molar-refractivity contribution >= 4 is 10.0 Å². The number of nitrogens with zero attached hydrogens (tertiary/aromatic N) is 2. The molecular weight excluding hydrogens is 430 g/mol. The van der Waals surface area contributed by atoms with Gasteiger partial charge < -0.3 is 10.2 Å². The summed E-state index contributed by atoms with van der Waals surface area (Å²) in [5.74, 6) is 0. The van der Waals surface area contributed by atoms with Crippen LogP contribution in [0.25, 0.3) is 0 Å². The maximum atomic E-state index is 13.0. The average Bonchev–Trinajstić information content (AvgIpc) is 2.85. The maximum absolute atomic E-state index is 13.0. The van der Waals surface area contributed by atoms with E-state index in [4.69, 9.17) is 5.11 Å². The summed E-state index contributed by atoms with van der Waals surface area (Å²) in [6.45, 7) is -0.278. The lowest BCUT2D eigenvalue weighted by atomic mass is 10.1. The Morgan fingerprint density at radius 1 is 0.931 bits per heavy atom. The van der Waals surface area contributed by atoms with E-state index >= 15 is 0 Å². The first kappa shape index (κ1) is 23.9. The van der Waals surface area contributed by atoms with Crippen LogP contribution in [0.2, 0.25) is 0 Å². The van der Waals surface area contributed by atoms with Gasteiger partial charge in [0.2, 0.25) is 10.0 Å². The standard InChI is InChI=1S/C16H20F6N2O4S/c17-15(18,19)11-6-12(16(20,21)22)8-14(7-11)29(27,28)24-3-1-2-23(4-5-24)9-13(26)10-25/h6-8,13,25-26H,1-5,9-10H2. The van der Waals surface area contributed by atoms with Crippen LogP contribution >= 0.6 is 0 Å². The quantitative estimate of drug-likeness (QED) is 0.669. The Hall–Kier alpha value is -1.41. The Bertz CT molecular complexity index is 780. The fraction of sp³-hybridized carbons (Fsp3) is 0.625. The highest BCUT2D eigenvalue weighted by atomic mass is 32.2. The average molecular weight is 450 g/mol. The molecule has 29 heavy (non-hydrogen) atoms. The second-order valence-electron chi connectivity index (χ2n) is 6.64. The molecule has 1 fully saturated rings. The van der Waals surface area contributed by atoms with E-state index in [1.54, 1.807) is 4.90 Å².